The molecule has 2 N–H and O–H groups in total. The maximum Gasteiger partial charge on any atom is 0.260 e. The van der Waals surface area contributed by atoms with Crippen LogP contribution in [0, 0.1) is 6.92 Å². The van der Waals surface area contributed by atoms with Crippen molar-refractivity contribution in [1.82, 2.24) is 4.90 Å². The van der Waals surface area contributed by atoms with Gasteiger partial charge in [0.1, 0.15) is 5.75 Å². The van der Waals surface area contributed by atoms with E-state index in [4.69, 9.17) is 10.5 Å². The van der Waals surface area contributed by atoms with Crippen LogP contribution in [0.5, 0.6) is 5.75 Å². The summed E-state index contributed by atoms with van der Waals surface area (Å²) in [6.07, 6.45) is 0. The summed E-state index contributed by atoms with van der Waals surface area (Å²) >= 11 is 0. The lowest BCUT2D eigenvalue weighted by molar-refractivity contribution is -0.133. The minimum Gasteiger partial charge on any atom is -0.484 e. The van der Waals surface area contributed by atoms with Gasteiger partial charge >= 0.3 is 0 Å². The number of aryl methyl sites for hydroxylation is 1. The Kier molecular flexibility index (Phi) is 4.97. The zero-order chi connectivity index (χ0) is 12.8. The van der Waals surface area contributed by atoms with Crippen molar-refractivity contribution in [3.8, 4) is 5.75 Å². The van der Waals surface area contributed by atoms with E-state index in [9.17, 15) is 4.79 Å². The number of nitrogens with zero attached hydrogens (tertiary/aromatic N) is 1. The molecule has 1 rings (SSSR count). The lowest BCUT2D eigenvalue weighted by atomic mass is 10.2. The van der Waals surface area contributed by atoms with Gasteiger partial charge in [0.25, 0.3) is 5.91 Å². The molecule has 94 valence electrons. The highest BCUT2D eigenvalue weighted by Crippen LogP contribution is 2.12. The first-order valence-electron chi connectivity index (χ1n) is 5.69. The molecule has 4 nitrogen and oxygen atoms in total. The Morgan fingerprint density at radius 3 is 2.82 bits per heavy atom. The van der Waals surface area contributed by atoms with E-state index < -0.39 is 0 Å². The van der Waals surface area contributed by atoms with Crippen LogP contribution >= 0.6 is 0 Å². The van der Waals surface area contributed by atoms with E-state index in [2.05, 4.69) is 0 Å². The number of amides is 1. The van der Waals surface area contributed by atoms with Crippen LogP contribution in [0.15, 0.2) is 24.3 Å². The molecule has 0 spiro atoms. The van der Waals surface area contributed by atoms with Crippen molar-refractivity contribution >= 4 is 5.91 Å². The van der Waals surface area contributed by atoms with E-state index >= 15 is 0 Å². The minimum absolute atomic E-state index is 0.0311. The van der Waals surface area contributed by atoms with Gasteiger partial charge in [-0.05, 0) is 31.5 Å². The highest BCUT2D eigenvalue weighted by Gasteiger charge is 2.14. The molecule has 1 atom stereocenters. The Labute approximate surface area is 102 Å². The molecular formula is C13H20N2O2. The lowest BCUT2D eigenvalue weighted by Gasteiger charge is -2.23. The van der Waals surface area contributed by atoms with Crippen LogP contribution in [-0.2, 0) is 4.79 Å². The molecule has 0 heterocycles. The lowest BCUT2D eigenvalue weighted by Crippen LogP contribution is -2.42. The maximum atomic E-state index is 11.7. The van der Waals surface area contributed by atoms with E-state index in [1.807, 2.05) is 38.1 Å². The van der Waals surface area contributed by atoms with Gasteiger partial charge in [-0.15, -0.1) is 0 Å². The standard InChI is InChI=1S/C13H20N2O2/c1-10-5-4-6-12(7-10)17-9-13(16)15(3)11(2)8-14/h4-7,11H,8-9,14H2,1-3H3. The average Bonchev–Trinajstić information content (AvgIpc) is 2.34. The van der Waals surface area contributed by atoms with Gasteiger partial charge < -0.3 is 15.4 Å². The molecule has 1 unspecified atom stereocenters. The van der Waals surface area contributed by atoms with Gasteiger partial charge in [-0.1, -0.05) is 12.1 Å². The number of carbonyl (C=O) groups excluding carboxylic acids is 1. The third-order valence-electron chi connectivity index (χ3n) is 2.75. The predicted molar refractivity (Wildman–Crippen MR) is 68.0 cm³/mol. The number of hydrogen-bond acceptors (Lipinski definition) is 3. The third-order valence-corrected chi connectivity index (χ3v) is 2.75. The first-order chi connectivity index (χ1) is 8.04. The highest BCUT2D eigenvalue weighted by atomic mass is 16.5. The van der Waals surface area contributed by atoms with Gasteiger partial charge in [0.05, 0.1) is 0 Å². The Bertz CT molecular complexity index is 379. The van der Waals surface area contributed by atoms with E-state index in [1.54, 1.807) is 11.9 Å². The molecule has 0 bridgehead atoms. The van der Waals surface area contributed by atoms with Crippen LogP contribution in [-0.4, -0.2) is 37.0 Å². The van der Waals surface area contributed by atoms with Crippen molar-refractivity contribution in [2.75, 3.05) is 20.2 Å². The van der Waals surface area contributed by atoms with Crippen molar-refractivity contribution < 1.29 is 9.53 Å². The van der Waals surface area contributed by atoms with Gasteiger partial charge in [0.15, 0.2) is 6.61 Å². The summed E-state index contributed by atoms with van der Waals surface area (Å²) in [7, 11) is 1.74. The summed E-state index contributed by atoms with van der Waals surface area (Å²) in [4.78, 5) is 13.4. The zero-order valence-corrected chi connectivity index (χ0v) is 10.6. The molecule has 0 aliphatic heterocycles. The fourth-order valence-corrected chi connectivity index (χ4v) is 1.36. The quantitative estimate of drug-likeness (QED) is 0.835. The molecule has 0 saturated heterocycles. The molecule has 4 heteroatoms. The first kappa shape index (κ1) is 13.5. The molecule has 0 radical (unpaired) electrons. The molecule has 17 heavy (non-hydrogen) atoms. The summed E-state index contributed by atoms with van der Waals surface area (Å²) < 4.78 is 5.43. The van der Waals surface area contributed by atoms with Crippen LogP contribution in [0.1, 0.15) is 12.5 Å². The molecule has 1 aromatic carbocycles. The summed E-state index contributed by atoms with van der Waals surface area (Å²) in [5.41, 5.74) is 6.61. The summed E-state index contributed by atoms with van der Waals surface area (Å²) in [5, 5.41) is 0. The summed E-state index contributed by atoms with van der Waals surface area (Å²) in [6.45, 7) is 4.39. The number of hydrogen-bond donors (Lipinski definition) is 1. The van der Waals surface area contributed by atoms with Crippen molar-refractivity contribution in [1.29, 1.82) is 0 Å². The normalized spacial score (nSPS) is 12.0. The highest BCUT2D eigenvalue weighted by molar-refractivity contribution is 5.77. The van der Waals surface area contributed by atoms with Gasteiger partial charge in [-0.3, -0.25) is 4.79 Å². The van der Waals surface area contributed by atoms with Crippen molar-refractivity contribution in [3.05, 3.63) is 29.8 Å². The topological polar surface area (TPSA) is 55.6 Å². The first-order valence-corrected chi connectivity index (χ1v) is 5.69. The monoisotopic (exact) mass is 236 g/mol. The van der Waals surface area contributed by atoms with E-state index in [0.717, 1.165) is 5.56 Å². The Hall–Kier alpha value is -1.55. The van der Waals surface area contributed by atoms with Crippen LogP contribution in [0.3, 0.4) is 0 Å². The Morgan fingerprint density at radius 1 is 1.53 bits per heavy atom. The van der Waals surface area contributed by atoms with Gasteiger partial charge in [-0.25, -0.2) is 0 Å². The van der Waals surface area contributed by atoms with Crippen molar-refractivity contribution in [2.24, 2.45) is 5.73 Å². The molecular weight excluding hydrogens is 216 g/mol. The second-order valence-corrected chi connectivity index (χ2v) is 4.19. The predicted octanol–water partition coefficient (Wildman–Crippen LogP) is 1.18. The number of carbonyl (C=O) groups is 1. The van der Waals surface area contributed by atoms with Gasteiger partial charge in [0.2, 0.25) is 0 Å². The van der Waals surface area contributed by atoms with E-state index in [0.29, 0.717) is 12.3 Å². The molecule has 1 amide bonds. The average molecular weight is 236 g/mol. The Morgan fingerprint density at radius 2 is 2.24 bits per heavy atom. The van der Waals surface area contributed by atoms with Gasteiger partial charge in [0, 0.05) is 19.6 Å². The second kappa shape index (κ2) is 6.25. The molecule has 0 fully saturated rings. The van der Waals surface area contributed by atoms with Crippen molar-refractivity contribution in [2.45, 2.75) is 19.9 Å². The van der Waals surface area contributed by atoms with Crippen molar-refractivity contribution in [3.63, 3.8) is 0 Å². The van der Waals surface area contributed by atoms with E-state index in [1.165, 1.54) is 0 Å². The second-order valence-electron chi connectivity index (χ2n) is 4.19. The maximum absolute atomic E-state index is 11.7. The largest absolute Gasteiger partial charge is 0.484 e. The molecule has 0 aliphatic rings. The fourth-order valence-electron chi connectivity index (χ4n) is 1.36. The minimum atomic E-state index is -0.0653. The van der Waals surface area contributed by atoms with Crippen LogP contribution in [0.4, 0.5) is 0 Å². The molecule has 1 aromatic rings. The number of rotatable bonds is 5. The van der Waals surface area contributed by atoms with Crippen LogP contribution < -0.4 is 10.5 Å². The smallest absolute Gasteiger partial charge is 0.260 e. The number of benzene rings is 1. The SMILES string of the molecule is Cc1cccc(OCC(=O)N(C)C(C)CN)c1. The fraction of sp³-hybridized carbons (Fsp3) is 0.462. The number of ether oxygens (including phenoxy) is 1. The zero-order valence-electron chi connectivity index (χ0n) is 10.6. The summed E-state index contributed by atoms with van der Waals surface area (Å²) in [6, 6.07) is 7.66. The molecule has 0 saturated carbocycles. The number of nitrogens with two attached hydrogens (primary N) is 1. The van der Waals surface area contributed by atoms with Crippen LogP contribution in [0.2, 0.25) is 0 Å². The number of likely N-dealkylation sites (N-methyl/N-ethyl adjacent to an activating group) is 1. The van der Waals surface area contributed by atoms with Crippen LogP contribution in [0.25, 0.3) is 0 Å². The van der Waals surface area contributed by atoms with E-state index in [-0.39, 0.29) is 18.6 Å². The van der Waals surface area contributed by atoms with Gasteiger partial charge in [-0.2, -0.15) is 0 Å². The third kappa shape index (κ3) is 4.07. The Balaban J connectivity index is 2.48. The molecule has 0 aromatic heterocycles. The molecule has 0 aliphatic carbocycles. The summed E-state index contributed by atoms with van der Waals surface area (Å²) in [5.74, 6) is 0.650.